The molecule has 0 bridgehead atoms. The fourth-order valence-electron chi connectivity index (χ4n) is 2.67. The summed E-state index contributed by atoms with van der Waals surface area (Å²) in [5, 5.41) is 3.05. The van der Waals surface area contributed by atoms with Crippen LogP contribution in [0, 0.1) is 19.3 Å². The van der Waals surface area contributed by atoms with Gasteiger partial charge in [-0.3, -0.25) is 0 Å². The highest BCUT2D eigenvalue weighted by molar-refractivity contribution is 7.89. The van der Waals surface area contributed by atoms with Gasteiger partial charge < -0.3 is 5.32 Å². The Morgan fingerprint density at radius 3 is 2.15 bits per heavy atom. The minimum atomic E-state index is -3.43. The van der Waals surface area contributed by atoms with Gasteiger partial charge in [0.05, 0.1) is 4.90 Å². The molecule has 112 valence electrons. The lowest BCUT2D eigenvalue weighted by molar-refractivity contribution is 0.475. The highest BCUT2D eigenvalue weighted by Gasteiger charge is 2.41. The van der Waals surface area contributed by atoms with Crippen molar-refractivity contribution in [1.29, 1.82) is 0 Å². The van der Waals surface area contributed by atoms with Crippen molar-refractivity contribution < 1.29 is 8.42 Å². The van der Waals surface area contributed by atoms with Crippen LogP contribution in [0.5, 0.6) is 0 Å². The second kappa shape index (κ2) is 5.37. The first-order chi connectivity index (χ1) is 9.33. The highest BCUT2D eigenvalue weighted by Crippen LogP contribution is 2.48. The highest BCUT2D eigenvalue weighted by atomic mass is 32.2. The standard InChI is InChI=1S/C15H24N2O2S/c1-5-15(6-7-15)10-17-20(18,19)14-11(2)8-13(16-4)9-12(14)3/h8-9,16-17H,5-7,10H2,1-4H3. The quantitative estimate of drug-likeness (QED) is 0.848. The minimum absolute atomic E-state index is 0.208. The van der Waals surface area contributed by atoms with Gasteiger partial charge in [-0.15, -0.1) is 0 Å². The molecule has 1 aliphatic carbocycles. The lowest BCUT2D eigenvalue weighted by Crippen LogP contribution is -2.31. The average molecular weight is 296 g/mol. The van der Waals surface area contributed by atoms with Crippen LogP contribution in [0.15, 0.2) is 17.0 Å². The Morgan fingerprint density at radius 2 is 1.75 bits per heavy atom. The van der Waals surface area contributed by atoms with Gasteiger partial charge in [0.2, 0.25) is 10.0 Å². The Labute approximate surface area is 122 Å². The summed E-state index contributed by atoms with van der Waals surface area (Å²) < 4.78 is 27.9. The van der Waals surface area contributed by atoms with E-state index in [0.717, 1.165) is 36.1 Å². The Balaban J connectivity index is 2.25. The number of nitrogens with one attached hydrogen (secondary N) is 2. The maximum atomic E-state index is 12.5. The van der Waals surface area contributed by atoms with E-state index in [2.05, 4.69) is 17.0 Å². The van der Waals surface area contributed by atoms with Crippen LogP contribution in [-0.4, -0.2) is 22.0 Å². The predicted molar refractivity (Wildman–Crippen MR) is 82.6 cm³/mol. The molecule has 1 saturated carbocycles. The largest absolute Gasteiger partial charge is 0.388 e. The van der Waals surface area contributed by atoms with Gasteiger partial charge in [0.1, 0.15) is 0 Å². The van der Waals surface area contributed by atoms with E-state index in [1.807, 2.05) is 33.0 Å². The number of aryl methyl sites for hydroxylation is 2. The van der Waals surface area contributed by atoms with Crippen molar-refractivity contribution >= 4 is 15.7 Å². The first kappa shape index (κ1) is 15.3. The SMILES string of the molecule is CCC1(CNS(=O)(=O)c2c(C)cc(NC)cc2C)CC1. The summed E-state index contributed by atoms with van der Waals surface area (Å²) in [6, 6.07) is 3.74. The number of anilines is 1. The molecular weight excluding hydrogens is 272 g/mol. The van der Waals surface area contributed by atoms with E-state index >= 15 is 0 Å². The molecule has 0 heterocycles. The first-order valence-electron chi connectivity index (χ1n) is 7.12. The summed E-state index contributed by atoms with van der Waals surface area (Å²) in [4.78, 5) is 0.420. The monoisotopic (exact) mass is 296 g/mol. The average Bonchev–Trinajstić information content (AvgIpc) is 3.16. The van der Waals surface area contributed by atoms with Gasteiger partial charge in [0.15, 0.2) is 0 Å². The Hall–Kier alpha value is -1.07. The van der Waals surface area contributed by atoms with E-state index < -0.39 is 10.0 Å². The Bertz CT molecular complexity index is 581. The van der Waals surface area contributed by atoms with Crippen LogP contribution in [0.25, 0.3) is 0 Å². The molecule has 0 saturated heterocycles. The normalized spacial score (nSPS) is 17.0. The molecule has 5 heteroatoms. The maximum Gasteiger partial charge on any atom is 0.241 e. The summed E-state index contributed by atoms with van der Waals surface area (Å²) in [5.74, 6) is 0. The number of sulfonamides is 1. The molecule has 0 amide bonds. The van der Waals surface area contributed by atoms with Crippen LogP contribution >= 0.6 is 0 Å². The molecule has 1 aromatic carbocycles. The molecular formula is C15H24N2O2S. The summed E-state index contributed by atoms with van der Waals surface area (Å²) in [6.07, 6.45) is 3.29. The minimum Gasteiger partial charge on any atom is -0.388 e. The zero-order valence-corrected chi connectivity index (χ0v) is 13.5. The molecule has 2 N–H and O–H groups in total. The van der Waals surface area contributed by atoms with Crippen LogP contribution in [0.1, 0.15) is 37.3 Å². The molecule has 0 aliphatic heterocycles. The lowest BCUT2D eigenvalue weighted by atomic mass is 10.1. The van der Waals surface area contributed by atoms with Gasteiger partial charge in [0, 0.05) is 19.3 Å². The second-order valence-electron chi connectivity index (χ2n) is 5.87. The van der Waals surface area contributed by atoms with Crippen molar-refractivity contribution in [3.8, 4) is 0 Å². The van der Waals surface area contributed by atoms with Crippen molar-refractivity contribution in [3.05, 3.63) is 23.3 Å². The van der Waals surface area contributed by atoms with E-state index in [0.29, 0.717) is 11.4 Å². The van der Waals surface area contributed by atoms with Crippen molar-refractivity contribution in [3.63, 3.8) is 0 Å². The summed E-state index contributed by atoms with van der Waals surface area (Å²) in [6.45, 7) is 6.36. The summed E-state index contributed by atoms with van der Waals surface area (Å²) in [7, 11) is -1.60. The topological polar surface area (TPSA) is 58.2 Å². The fraction of sp³-hybridized carbons (Fsp3) is 0.600. The Morgan fingerprint density at radius 1 is 1.20 bits per heavy atom. The molecule has 0 aromatic heterocycles. The third-order valence-electron chi connectivity index (χ3n) is 4.36. The molecule has 0 radical (unpaired) electrons. The smallest absolute Gasteiger partial charge is 0.241 e. The third-order valence-corrected chi connectivity index (χ3v) is 6.07. The molecule has 0 unspecified atom stereocenters. The van der Waals surface area contributed by atoms with Crippen LogP contribution < -0.4 is 10.0 Å². The predicted octanol–water partition coefficient (Wildman–Crippen LogP) is 2.81. The molecule has 2 rings (SSSR count). The number of rotatable bonds is 6. The third kappa shape index (κ3) is 2.99. The van der Waals surface area contributed by atoms with Crippen molar-refractivity contribution in [2.45, 2.75) is 44.9 Å². The van der Waals surface area contributed by atoms with Crippen LogP contribution in [-0.2, 0) is 10.0 Å². The summed E-state index contributed by atoms with van der Waals surface area (Å²) in [5.41, 5.74) is 2.71. The van der Waals surface area contributed by atoms with E-state index in [4.69, 9.17) is 0 Å². The van der Waals surface area contributed by atoms with Gasteiger partial charge in [0.25, 0.3) is 0 Å². The first-order valence-corrected chi connectivity index (χ1v) is 8.60. The van der Waals surface area contributed by atoms with Crippen LogP contribution in [0.3, 0.4) is 0 Å². The van der Waals surface area contributed by atoms with E-state index in [-0.39, 0.29) is 5.41 Å². The molecule has 4 nitrogen and oxygen atoms in total. The van der Waals surface area contributed by atoms with Gasteiger partial charge >= 0.3 is 0 Å². The summed E-state index contributed by atoms with van der Waals surface area (Å²) >= 11 is 0. The van der Waals surface area contributed by atoms with Gasteiger partial charge in [-0.05, 0) is 61.8 Å². The van der Waals surface area contributed by atoms with E-state index in [1.54, 1.807) is 0 Å². The Kier molecular flexibility index (Phi) is 4.12. The van der Waals surface area contributed by atoms with Crippen molar-refractivity contribution in [2.75, 3.05) is 18.9 Å². The molecule has 1 fully saturated rings. The molecule has 1 aromatic rings. The van der Waals surface area contributed by atoms with E-state index in [1.165, 1.54) is 0 Å². The van der Waals surface area contributed by atoms with E-state index in [9.17, 15) is 8.42 Å². The molecule has 1 aliphatic rings. The number of hydrogen-bond donors (Lipinski definition) is 2. The molecule has 0 spiro atoms. The van der Waals surface area contributed by atoms with Crippen molar-refractivity contribution in [1.82, 2.24) is 4.72 Å². The second-order valence-corrected chi connectivity index (χ2v) is 7.57. The van der Waals surface area contributed by atoms with Gasteiger partial charge in [-0.2, -0.15) is 0 Å². The molecule has 20 heavy (non-hydrogen) atoms. The van der Waals surface area contributed by atoms with Crippen molar-refractivity contribution in [2.24, 2.45) is 5.41 Å². The zero-order valence-electron chi connectivity index (χ0n) is 12.7. The number of benzene rings is 1. The van der Waals surface area contributed by atoms with Gasteiger partial charge in [-0.25, -0.2) is 13.1 Å². The fourth-order valence-corrected chi connectivity index (χ4v) is 4.28. The zero-order chi connectivity index (χ0) is 15.0. The maximum absolute atomic E-state index is 12.5. The lowest BCUT2D eigenvalue weighted by Gasteiger charge is -2.17. The molecule has 0 atom stereocenters. The van der Waals surface area contributed by atoms with Crippen LogP contribution in [0.4, 0.5) is 5.69 Å². The number of hydrogen-bond acceptors (Lipinski definition) is 3. The van der Waals surface area contributed by atoms with Crippen LogP contribution in [0.2, 0.25) is 0 Å². The van der Waals surface area contributed by atoms with Gasteiger partial charge in [-0.1, -0.05) is 6.92 Å².